The van der Waals surface area contributed by atoms with E-state index < -0.39 is 11.6 Å². The Morgan fingerprint density at radius 3 is 1.68 bits per heavy atom. The van der Waals surface area contributed by atoms with Gasteiger partial charge in [0.2, 0.25) is 11.6 Å². The summed E-state index contributed by atoms with van der Waals surface area (Å²) in [6, 6.07) is 0. The Kier molecular flexibility index (Phi) is 8.73. The SMILES string of the molecule is CCC(C)OOC(C)(CC)OOC(C)(CC)OOC. The van der Waals surface area contributed by atoms with Crippen molar-refractivity contribution >= 4 is 0 Å². The molecule has 0 rings (SSSR count). The zero-order valence-electron chi connectivity index (χ0n) is 13.1. The topological polar surface area (TPSA) is 55.4 Å². The van der Waals surface area contributed by atoms with E-state index in [2.05, 4.69) is 4.89 Å². The van der Waals surface area contributed by atoms with Gasteiger partial charge in [-0.1, -0.05) is 20.8 Å². The van der Waals surface area contributed by atoms with Crippen molar-refractivity contribution in [3.8, 4) is 0 Å². The normalized spacial score (nSPS) is 19.7. The second-order valence-electron chi connectivity index (χ2n) is 4.79. The van der Waals surface area contributed by atoms with Crippen LogP contribution in [0.2, 0.25) is 0 Å². The molecule has 6 nitrogen and oxygen atoms in total. The molecular weight excluding hydrogens is 252 g/mol. The van der Waals surface area contributed by atoms with Gasteiger partial charge in [0.25, 0.3) is 0 Å². The van der Waals surface area contributed by atoms with E-state index in [0.717, 1.165) is 6.42 Å². The molecule has 6 heteroatoms. The van der Waals surface area contributed by atoms with Crippen molar-refractivity contribution in [1.29, 1.82) is 0 Å². The van der Waals surface area contributed by atoms with E-state index >= 15 is 0 Å². The summed E-state index contributed by atoms with van der Waals surface area (Å²) in [5.74, 6) is -2.00. The number of hydrogen-bond donors (Lipinski definition) is 0. The highest BCUT2D eigenvalue weighted by Crippen LogP contribution is 2.25. The number of hydrogen-bond acceptors (Lipinski definition) is 6. The van der Waals surface area contributed by atoms with Crippen LogP contribution in [0.4, 0.5) is 0 Å². The smallest absolute Gasteiger partial charge is 0.231 e. The van der Waals surface area contributed by atoms with Crippen LogP contribution in [0.15, 0.2) is 0 Å². The summed E-state index contributed by atoms with van der Waals surface area (Å²) in [5.41, 5.74) is 0. The van der Waals surface area contributed by atoms with E-state index in [4.69, 9.17) is 24.4 Å². The van der Waals surface area contributed by atoms with E-state index in [9.17, 15) is 0 Å². The van der Waals surface area contributed by atoms with Crippen LogP contribution in [-0.2, 0) is 29.3 Å². The average molecular weight is 280 g/mol. The molecule has 0 radical (unpaired) electrons. The van der Waals surface area contributed by atoms with Gasteiger partial charge in [0.15, 0.2) is 0 Å². The van der Waals surface area contributed by atoms with Gasteiger partial charge in [-0.3, -0.25) is 0 Å². The summed E-state index contributed by atoms with van der Waals surface area (Å²) in [4.78, 5) is 30.8. The summed E-state index contributed by atoms with van der Waals surface area (Å²) in [7, 11) is 1.42. The van der Waals surface area contributed by atoms with Gasteiger partial charge in [-0.05, 0) is 27.2 Å². The Balaban J connectivity index is 4.36. The minimum atomic E-state index is -1.00. The zero-order valence-corrected chi connectivity index (χ0v) is 13.1. The Labute approximate surface area is 116 Å². The molecule has 116 valence electrons. The first-order chi connectivity index (χ1) is 8.84. The Hall–Kier alpha value is -0.240. The molecule has 0 N–H and O–H groups in total. The molecule has 3 unspecified atom stereocenters. The quantitative estimate of drug-likeness (QED) is 0.328. The molecule has 0 aromatic rings. The molecule has 0 saturated heterocycles. The van der Waals surface area contributed by atoms with Crippen molar-refractivity contribution in [3.05, 3.63) is 0 Å². The zero-order chi connectivity index (χ0) is 14.9. The van der Waals surface area contributed by atoms with Gasteiger partial charge in [-0.15, -0.1) is 0 Å². The maximum Gasteiger partial charge on any atom is 0.231 e. The van der Waals surface area contributed by atoms with Crippen LogP contribution < -0.4 is 0 Å². The van der Waals surface area contributed by atoms with Gasteiger partial charge in [-0.25, -0.2) is 9.78 Å². The van der Waals surface area contributed by atoms with Crippen LogP contribution in [0.25, 0.3) is 0 Å². The van der Waals surface area contributed by atoms with Crippen molar-refractivity contribution in [2.24, 2.45) is 0 Å². The highest BCUT2D eigenvalue weighted by Gasteiger charge is 2.34. The van der Waals surface area contributed by atoms with E-state index in [1.54, 1.807) is 13.8 Å². The Bertz CT molecular complexity index is 237. The lowest BCUT2D eigenvalue weighted by molar-refractivity contribution is -0.575. The second-order valence-corrected chi connectivity index (χ2v) is 4.79. The third kappa shape index (κ3) is 7.20. The molecule has 0 aliphatic rings. The molecule has 0 bridgehead atoms. The lowest BCUT2D eigenvalue weighted by atomic mass is 10.2. The fourth-order valence-electron chi connectivity index (χ4n) is 0.868. The third-order valence-corrected chi connectivity index (χ3v) is 2.90. The van der Waals surface area contributed by atoms with Crippen molar-refractivity contribution in [1.82, 2.24) is 0 Å². The number of rotatable bonds is 11. The van der Waals surface area contributed by atoms with Crippen molar-refractivity contribution in [3.63, 3.8) is 0 Å². The molecule has 0 aliphatic carbocycles. The fourth-order valence-corrected chi connectivity index (χ4v) is 0.868. The first-order valence-electron chi connectivity index (χ1n) is 6.77. The largest absolute Gasteiger partial charge is 0.237 e. The standard InChI is InChI=1S/C13H28O6/c1-8-11(4)15-17-13(6,10-3)19-18-12(5,9-2)16-14-7/h11H,8-10H2,1-7H3. The van der Waals surface area contributed by atoms with E-state index in [0.29, 0.717) is 12.8 Å². The van der Waals surface area contributed by atoms with Crippen molar-refractivity contribution < 1.29 is 29.3 Å². The molecule has 0 aromatic heterocycles. The summed E-state index contributed by atoms with van der Waals surface area (Å²) >= 11 is 0. The van der Waals surface area contributed by atoms with Crippen LogP contribution in [-0.4, -0.2) is 24.8 Å². The predicted molar refractivity (Wildman–Crippen MR) is 69.6 cm³/mol. The Morgan fingerprint density at radius 1 is 0.842 bits per heavy atom. The Morgan fingerprint density at radius 2 is 1.32 bits per heavy atom. The van der Waals surface area contributed by atoms with Crippen LogP contribution in [0, 0.1) is 0 Å². The summed E-state index contributed by atoms with van der Waals surface area (Å²) in [6.45, 7) is 11.2. The predicted octanol–water partition coefficient (Wildman–Crippen LogP) is 3.51. The summed E-state index contributed by atoms with van der Waals surface area (Å²) < 4.78 is 0. The average Bonchev–Trinajstić information content (AvgIpc) is 2.43. The molecule has 0 aromatic carbocycles. The highest BCUT2D eigenvalue weighted by molar-refractivity contribution is 4.58. The maximum absolute atomic E-state index is 5.33. The summed E-state index contributed by atoms with van der Waals surface area (Å²) in [6.07, 6.45) is 1.94. The first kappa shape index (κ1) is 18.8. The van der Waals surface area contributed by atoms with Crippen LogP contribution in [0.3, 0.4) is 0 Å². The fraction of sp³-hybridized carbons (Fsp3) is 1.00. The van der Waals surface area contributed by atoms with Gasteiger partial charge >= 0.3 is 0 Å². The van der Waals surface area contributed by atoms with Gasteiger partial charge in [0.1, 0.15) is 0 Å². The molecule has 0 fully saturated rings. The monoisotopic (exact) mass is 280 g/mol. The molecule has 19 heavy (non-hydrogen) atoms. The summed E-state index contributed by atoms with van der Waals surface area (Å²) in [5, 5.41) is 0. The molecule has 0 amide bonds. The van der Waals surface area contributed by atoms with Crippen LogP contribution in [0.1, 0.15) is 60.8 Å². The van der Waals surface area contributed by atoms with Gasteiger partial charge in [0.05, 0.1) is 13.2 Å². The highest BCUT2D eigenvalue weighted by atomic mass is 17.4. The molecular formula is C13H28O6. The molecule has 0 spiro atoms. The van der Waals surface area contributed by atoms with Crippen LogP contribution in [0.5, 0.6) is 0 Å². The second kappa shape index (κ2) is 8.84. The molecule has 0 aliphatic heterocycles. The van der Waals surface area contributed by atoms with Gasteiger partial charge < -0.3 is 0 Å². The molecule has 3 atom stereocenters. The van der Waals surface area contributed by atoms with Crippen LogP contribution >= 0.6 is 0 Å². The van der Waals surface area contributed by atoms with Crippen molar-refractivity contribution in [2.45, 2.75) is 78.5 Å². The van der Waals surface area contributed by atoms with E-state index in [1.807, 2.05) is 27.7 Å². The molecule has 0 saturated carbocycles. The maximum atomic E-state index is 5.33. The third-order valence-electron chi connectivity index (χ3n) is 2.90. The van der Waals surface area contributed by atoms with Gasteiger partial charge in [-0.2, -0.15) is 19.6 Å². The lowest BCUT2D eigenvalue weighted by Gasteiger charge is -2.31. The minimum absolute atomic E-state index is 0.0118. The first-order valence-corrected chi connectivity index (χ1v) is 6.77. The van der Waals surface area contributed by atoms with Gasteiger partial charge in [0, 0.05) is 12.8 Å². The van der Waals surface area contributed by atoms with E-state index in [-0.39, 0.29) is 6.10 Å². The minimum Gasteiger partial charge on any atom is -0.237 e. The lowest BCUT2D eigenvalue weighted by Crippen LogP contribution is -2.39. The van der Waals surface area contributed by atoms with E-state index in [1.165, 1.54) is 7.11 Å². The van der Waals surface area contributed by atoms with Crippen molar-refractivity contribution in [2.75, 3.05) is 7.11 Å². The molecule has 0 heterocycles.